The Balaban J connectivity index is 1.93. The molecule has 0 bridgehead atoms. The molecule has 0 aliphatic carbocycles. The summed E-state index contributed by atoms with van der Waals surface area (Å²) >= 11 is 3.69. The van der Waals surface area contributed by atoms with Crippen LogP contribution in [0.1, 0.15) is 25.5 Å². The van der Waals surface area contributed by atoms with E-state index in [-0.39, 0.29) is 6.04 Å². The van der Waals surface area contributed by atoms with Crippen molar-refractivity contribution in [2.45, 2.75) is 26.3 Å². The van der Waals surface area contributed by atoms with Crippen LogP contribution in [-0.2, 0) is 6.42 Å². The summed E-state index contributed by atoms with van der Waals surface area (Å²) in [4.78, 5) is 4.38. The molecule has 118 valence electrons. The molecule has 6 nitrogen and oxygen atoms in total. The molecule has 0 amide bonds. The SMILES string of the molecule is CC(C)n1ncnc1-n1nc2c(c1Br)CCOc1ccccc1-2. The van der Waals surface area contributed by atoms with Crippen LogP contribution in [0.4, 0.5) is 0 Å². The molecule has 0 fully saturated rings. The Morgan fingerprint density at radius 2 is 2.09 bits per heavy atom. The van der Waals surface area contributed by atoms with Crippen LogP contribution >= 0.6 is 15.9 Å². The second-order valence-corrected chi connectivity index (χ2v) is 6.47. The van der Waals surface area contributed by atoms with Gasteiger partial charge in [-0.05, 0) is 41.9 Å². The molecule has 4 rings (SSSR count). The normalized spacial score (nSPS) is 13.4. The van der Waals surface area contributed by atoms with Crippen molar-refractivity contribution in [2.24, 2.45) is 0 Å². The molecule has 0 unspecified atom stereocenters. The summed E-state index contributed by atoms with van der Waals surface area (Å²) in [5.41, 5.74) is 3.08. The molecule has 0 radical (unpaired) electrons. The van der Waals surface area contributed by atoms with Crippen molar-refractivity contribution in [3.8, 4) is 23.0 Å². The summed E-state index contributed by atoms with van der Waals surface area (Å²) in [7, 11) is 0. The number of aromatic nitrogens is 5. The number of nitrogens with zero attached hydrogens (tertiary/aromatic N) is 5. The van der Waals surface area contributed by atoms with Gasteiger partial charge in [0.05, 0.1) is 12.6 Å². The van der Waals surface area contributed by atoms with Gasteiger partial charge in [-0.2, -0.15) is 19.9 Å². The molecule has 1 aromatic carbocycles. The average molecular weight is 374 g/mol. The quantitative estimate of drug-likeness (QED) is 0.690. The Hall–Kier alpha value is -2.15. The van der Waals surface area contributed by atoms with Gasteiger partial charge in [-0.3, -0.25) is 0 Å². The van der Waals surface area contributed by atoms with E-state index in [0.717, 1.165) is 33.6 Å². The Kier molecular flexibility index (Phi) is 3.45. The number of rotatable bonds is 2. The molecule has 2 aromatic heterocycles. The molecule has 23 heavy (non-hydrogen) atoms. The second kappa shape index (κ2) is 5.49. The Morgan fingerprint density at radius 3 is 2.91 bits per heavy atom. The summed E-state index contributed by atoms with van der Waals surface area (Å²) < 4.78 is 10.4. The molecule has 0 spiro atoms. The predicted molar refractivity (Wildman–Crippen MR) is 89.9 cm³/mol. The van der Waals surface area contributed by atoms with E-state index in [2.05, 4.69) is 39.9 Å². The van der Waals surface area contributed by atoms with Crippen molar-refractivity contribution in [2.75, 3.05) is 6.61 Å². The third-order valence-electron chi connectivity index (χ3n) is 3.91. The van der Waals surface area contributed by atoms with Gasteiger partial charge < -0.3 is 4.74 Å². The standard InChI is InChI=1S/C16H16BrN5O/c1-10(2)21-16(18-9-19-21)22-15(17)12-7-8-23-13-6-4-3-5-11(13)14(12)20-22/h3-6,9-10H,7-8H2,1-2H3. The minimum atomic E-state index is 0.207. The fourth-order valence-electron chi connectivity index (χ4n) is 2.81. The lowest BCUT2D eigenvalue weighted by molar-refractivity contribution is 0.326. The highest BCUT2D eigenvalue weighted by Gasteiger charge is 2.25. The largest absolute Gasteiger partial charge is 0.493 e. The third-order valence-corrected chi connectivity index (χ3v) is 4.72. The zero-order valence-corrected chi connectivity index (χ0v) is 14.5. The van der Waals surface area contributed by atoms with E-state index in [1.54, 1.807) is 6.33 Å². The highest BCUT2D eigenvalue weighted by atomic mass is 79.9. The van der Waals surface area contributed by atoms with Crippen LogP contribution in [0.2, 0.25) is 0 Å². The summed E-state index contributed by atoms with van der Waals surface area (Å²) in [5, 5.41) is 9.11. The molecule has 1 aliphatic rings. The molecule has 3 aromatic rings. The van der Waals surface area contributed by atoms with Crippen molar-refractivity contribution in [3.05, 3.63) is 40.8 Å². The molecular weight excluding hydrogens is 358 g/mol. The number of hydrogen-bond donors (Lipinski definition) is 0. The smallest absolute Gasteiger partial charge is 0.250 e. The number of ether oxygens (including phenoxy) is 1. The highest BCUT2D eigenvalue weighted by Crippen LogP contribution is 2.38. The number of halogens is 1. The first-order chi connectivity index (χ1) is 11.2. The van der Waals surface area contributed by atoms with Gasteiger partial charge in [0.1, 0.15) is 22.4 Å². The zero-order chi connectivity index (χ0) is 16.0. The van der Waals surface area contributed by atoms with Crippen LogP contribution in [0.5, 0.6) is 5.75 Å². The van der Waals surface area contributed by atoms with E-state index < -0.39 is 0 Å². The Bertz CT molecular complexity index is 867. The van der Waals surface area contributed by atoms with Gasteiger partial charge in [-0.1, -0.05) is 12.1 Å². The topological polar surface area (TPSA) is 57.8 Å². The van der Waals surface area contributed by atoms with Crippen molar-refractivity contribution in [3.63, 3.8) is 0 Å². The Labute approximate surface area is 142 Å². The van der Waals surface area contributed by atoms with Crippen LogP contribution in [0.15, 0.2) is 35.2 Å². The molecule has 7 heteroatoms. The number of para-hydroxylation sites is 1. The third kappa shape index (κ3) is 2.26. The van der Waals surface area contributed by atoms with E-state index in [1.807, 2.05) is 33.6 Å². The molecule has 0 atom stereocenters. The van der Waals surface area contributed by atoms with Crippen molar-refractivity contribution >= 4 is 15.9 Å². The first-order valence-electron chi connectivity index (χ1n) is 7.56. The second-order valence-electron chi connectivity index (χ2n) is 5.72. The maximum Gasteiger partial charge on any atom is 0.250 e. The van der Waals surface area contributed by atoms with E-state index in [1.165, 1.54) is 0 Å². The van der Waals surface area contributed by atoms with E-state index in [0.29, 0.717) is 12.6 Å². The summed E-state index contributed by atoms with van der Waals surface area (Å²) in [6.45, 7) is 4.78. The van der Waals surface area contributed by atoms with Gasteiger partial charge in [0.15, 0.2) is 0 Å². The van der Waals surface area contributed by atoms with Crippen LogP contribution < -0.4 is 4.74 Å². The summed E-state index contributed by atoms with van der Waals surface area (Å²) in [6.07, 6.45) is 2.35. The molecule has 0 N–H and O–H groups in total. The lowest BCUT2D eigenvalue weighted by Gasteiger charge is -2.10. The number of hydrogen-bond acceptors (Lipinski definition) is 4. The van der Waals surface area contributed by atoms with Crippen molar-refractivity contribution in [1.29, 1.82) is 0 Å². The van der Waals surface area contributed by atoms with Gasteiger partial charge >= 0.3 is 0 Å². The van der Waals surface area contributed by atoms with E-state index >= 15 is 0 Å². The Morgan fingerprint density at radius 1 is 1.26 bits per heavy atom. The first-order valence-corrected chi connectivity index (χ1v) is 8.35. The maximum absolute atomic E-state index is 5.83. The monoisotopic (exact) mass is 373 g/mol. The molecule has 1 aliphatic heterocycles. The molecular formula is C16H16BrN5O. The van der Waals surface area contributed by atoms with Gasteiger partial charge in [0.25, 0.3) is 0 Å². The predicted octanol–water partition coefficient (Wildman–Crippen LogP) is 3.41. The summed E-state index contributed by atoms with van der Waals surface area (Å²) in [5.74, 6) is 1.58. The van der Waals surface area contributed by atoms with Crippen LogP contribution in [-0.4, -0.2) is 31.2 Å². The molecule has 3 heterocycles. The number of benzene rings is 1. The number of fused-ring (bicyclic) bond motifs is 3. The van der Waals surface area contributed by atoms with Crippen molar-refractivity contribution in [1.82, 2.24) is 24.5 Å². The fraction of sp³-hybridized carbons (Fsp3) is 0.312. The fourth-order valence-corrected chi connectivity index (χ4v) is 3.44. The van der Waals surface area contributed by atoms with Crippen LogP contribution in [0, 0.1) is 0 Å². The van der Waals surface area contributed by atoms with E-state index in [9.17, 15) is 0 Å². The van der Waals surface area contributed by atoms with Gasteiger partial charge in [-0.25, -0.2) is 4.68 Å². The molecule has 0 saturated heterocycles. The first kappa shape index (κ1) is 14.4. The van der Waals surface area contributed by atoms with Crippen LogP contribution in [0.3, 0.4) is 0 Å². The van der Waals surface area contributed by atoms with Crippen LogP contribution in [0.25, 0.3) is 17.2 Å². The van der Waals surface area contributed by atoms with Gasteiger partial charge in [0, 0.05) is 17.5 Å². The van der Waals surface area contributed by atoms with E-state index in [4.69, 9.17) is 9.84 Å². The summed E-state index contributed by atoms with van der Waals surface area (Å²) in [6, 6.07) is 8.20. The van der Waals surface area contributed by atoms with Gasteiger partial charge in [0.2, 0.25) is 5.95 Å². The van der Waals surface area contributed by atoms with Crippen molar-refractivity contribution < 1.29 is 4.74 Å². The van der Waals surface area contributed by atoms with Gasteiger partial charge in [-0.15, -0.1) is 0 Å². The zero-order valence-electron chi connectivity index (χ0n) is 12.9. The minimum absolute atomic E-state index is 0.207. The lowest BCUT2D eigenvalue weighted by Crippen LogP contribution is -2.12. The average Bonchev–Trinajstić information content (AvgIpc) is 3.09. The maximum atomic E-state index is 5.83. The minimum Gasteiger partial charge on any atom is -0.493 e. The highest BCUT2D eigenvalue weighted by molar-refractivity contribution is 9.10. The lowest BCUT2D eigenvalue weighted by atomic mass is 10.1. The molecule has 0 saturated carbocycles.